The highest BCUT2D eigenvalue weighted by molar-refractivity contribution is 5.14. The first kappa shape index (κ1) is 14.7. The Bertz CT molecular complexity index is 642. The van der Waals surface area contributed by atoms with Crippen molar-refractivity contribution in [2.24, 2.45) is 7.05 Å². The molecule has 7 nitrogen and oxygen atoms in total. The number of ether oxygens (including phenoxy) is 2. The fraction of sp³-hybridized carbons (Fsp3) is 0.625. The Morgan fingerprint density at radius 1 is 1.39 bits per heavy atom. The molecule has 0 saturated carbocycles. The Morgan fingerprint density at radius 3 is 3.17 bits per heavy atom. The van der Waals surface area contributed by atoms with E-state index >= 15 is 0 Å². The second kappa shape index (κ2) is 6.33. The number of aromatic nitrogens is 4. The number of aryl methyl sites for hydroxylation is 3. The number of hydrogen-bond acceptors (Lipinski definition) is 5. The summed E-state index contributed by atoms with van der Waals surface area (Å²) in [6.07, 6.45) is 7.27. The van der Waals surface area contributed by atoms with Crippen LogP contribution in [-0.2, 0) is 31.3 Å². The van der Waals surface area contributed by atoms with Crippen molar-refractivity contribution in [3.63, 3.8) is 0 Å². The standard InChI is InChI=1S/C16H23N5O2/c1-20-9-14(8-18-20)23-16-11-22-10-15(16)17-7-12-6-13-4-2-3-5-21(13)19-12/h6,8-9,15-17H,2-5,7,10-11H2,1H3/t15-,16+/m0/s1. The monoisotopic (exact) mass is 317 g/mol. The van der Waals surface area contributed by atoms with Crippen molar-refractivity contribution in [2.75, 3.05) is 13.2 Å². The molecular weight excluding hydrogens is 294 g/mol. The van der Waals surface area contributed by atoms with Gasteiger partial charge in [0.1, 0.15) is 6.10 Å². The quantitative estimate of drug-likeness (QED) is 0.887. The minimum Gasteiger partial charge on any atom is -0.483 e. The summed E-state index contributed by atoms with van der Waals surface area (Å²) >= 11 is 0. The van der Waals surface area contributed by atoms with Crippen LogP contribution in [0.3, 0.4) is 0 Å². The number of fused-ring (bicyclic) bond motifs is 1. The van der Waals surface area contributed by atoms with Gasteiger partial charge in [-0.25, -0.2) is 0 Å². The molecule has 2 atom stereocenters. The summed E-state index contributed by atoms with van der Waals surface area (Å²) in [6, 6.07) is 2.40. The highest BCUT2D eigenvalue weighted by Gasteiger charge is 2.30. The minimum absolute atomic E-state index is 0.0106. The molecule has 0 amide bonds. The van der Waals surface area contributed by atoms with Gasteiger partial charge < -0.3 is 14.8 Å². The second-order valence-electron chi connectivity index (χ2n) is 6.34. The van der Waals surface area contributed by atoms with Crippen LogP contribution in [0.25, 0.3) is 0 Å². The Labute approximate surface area is 135 Å². The van der Waals surface area contributed by atoms with E-state index in [9.17, 15) is 0 Å². The zero-order valence-corrected chi connectivity index (χ0v) is 13.4. The van der Waals surface area contributed by atoms with Gasteiger partial charge in [0.05, 0.1) is 37.3 Å². The summed E-state index contributed by atoms with van der Waals surface area (Å²) in [7, 11) is 1.88. The van der Waals surface area contributed by atoms with Crippen molar-refractivity contribution >= 4 is 0 Å². The highest BCUT2D eigenvalue weighted by Crippen LogP contribution is 2.18. The molecule has 7 heteroatoms. The lowest BCUT2D eigenvalue weighted by Gasteiger charge is -2.19. The lowest BCUT2D eigenvalue weighted by Crippen LogP contribution is -2.41. The number of nitrogens with one attached hydrogen (secondary N) is 1. The van der Waals surface area contributed by atoms with Gasteiger partial charge in [-0.15, -0.1) is 0 Å². The molecule has 124 valence electrons. The van der Waals surface area contributed by atoms with E-state index in [0.29, 0.717) is 13.2 Å². The molecule has 0 spiro atoms. The van der Waals surface area contributed by atoms with Gasteiger partial charge in [-0.1, -0.05) is 0 Å². The predicted octanol–water partition coefficient (Wildman–Crippen LogP) is 0.889. The van der Waals surface area contributed by atoms with Crippen molar-refractivity contribution in [2.45, 2.75) is 44.5 Å². The second-order valence-corrected chi connectivity index (χ2v) is 6.34. The average Bonchev–Trinajstić information content (AvgIpc) is 3.25. The maximum absolute atomic E-state index is 5.98. The van der Waals surface area contributed by atoms with E-state index in [1.807, 2.05) is 13.2 Å². The van der Waals surface area contributed by atoms with Gasteiger partial charge in [-0.2, -0.15) is 10.2 Å². The smallest absolute Gasteiger partial charge is 0.157 e. The summed E-state index contributed by atoms with van der Waals surface area (Å²) in [5, 5.41) is 12.3. The Balaban J connectivity index is 1.35. The predicted molar refractivity (Wildman–Crippen MR) is 84.2 cm³/mol. The van der Waals surface area contributed by atoms with E-state index < -0.39 is 0 Å². The fourth-order valence-electron chi connectivity index (χ4n) is 3.28. The molecule has 1 N–H and O–H groups in total. The van der Waals surface area contributed by atoms with Crippen LogP contribution >= 0.6 is 0 Å². The number of hydrogen-bond donors (Lipinski definition) is 1. The van der Waals surface area contributed by atoms with E-state index in [1.54, 1.807) is 10.9 Å². The summed E-state index contributed by atoms with van der Waals surface area (Å²) in [5.41, 5.74) is 2.47. The van der Waals surface area contributed by atoms with Gasteiger partial charge >= 0.3 is 0 Å². The van der Waals surface area contributed by atoms with Crippen LogP contribution < -0.4 is 10.1 Å². The first-order chi connectivity index (χ1) is 11.3. The topological polar surface area (TPSA) is 66.1 Å². The minimum atomic E-state index is 0.0106. The zero-order chi connectivity index (χ0) is 15.6. The molecule has 0 bridgehead atoms. The van der Waals surface area contributed by atoms with E-state index in [-0.39, 0.29) is 12.1 Å². The summed E-state index contributed by atoms with van der Waals surface area (Å²) in [6.45, 7) is 3.07. The Hall–Kier alpha value is -1.86. The molecule has 4 rings (SSSR count). The molecule has 2 aromatic rings. The van der Waals surface area contributed by atoms with Gasteiger partial charge in [0.25, 0.3) is 0 Å². The maximum atomic E-state index is 5.98. The first-order valence-corrected chi connectivity index (χ1v) is 8.30. The van der Waals surface area contributed by atoms with Gasteiger partial charge in [0, 0.05) is 25.8 Å². The van der Waals surface area contributed by atoms with Crippen molar-refractivity contribution in [3.8, 4) is 5.75 Å². The third-order valence-electron chi connectivity index (χ3n) is 4.51. The van der Waals surface area contributed by atoms with Crippen LogP contribution in [-0.4, -0.2) is 44.9 Å². The van der Waals surface area contributed by atoms with Crippen LogP contribution in [0.1, 0.15) is 24.2 Å². The molecule has 0 unspecified atom stereocenters. The molecular formula is C16H23N5O2. The van der Waals surface area contributed by atoms with Crippen molar-refractivity contribution in [1.29, 1.82) is 0 Å². The highest BCUT2D eigenvalue weighted by atomic mass is 16.5. The fourth-order valence-corrected chi connectivity index (χ4v) is 3.28. The van der Waals surface area contributed by atoms with E-state index in [0.717, 1.165) is 31.0 Å². The van der Waals surface area contributed by atoms with Crippen LogP contribution in [0.4, 0.5) is 0 Å². The zero-order valence-electron chi connectivity index (χ0n) is 13.4. The van der Waals surface area contributed by atoms with E-state index in [1.165, 1.54) is 18.5 Å². The molecule has 1 saturated heterocycles. The third kappa shape index (κ3) is 3.25. The molecule has 0 radical (unpaired) electrons. The normalized spacial score (nSPS) is 23.9. The average molecular weight is 317 g/mol. The Morgan fingerprint density at radius 2 is 2.35 bits per heavy atom. The summed E-state index contributed by atoms with van der Waals surface area (Å²) in [5.74, 6) is 0.784. The van der Waals surface area contributed by atoms with Crippen LogP contribution in [0, 0.1) is 0 Å². The SMILES string of the molecule is Cn1cc(O[C@@H]2COC[C@@H]2NCc2cc3n(n2)CCCC3)cn1. The maximum Gasteiger partial charge on any atom is 0.157 e. The number of rotatable bonds is 5. The van der Waals surface area contributed by atoms with Crippen molar-refractivity contribution in [3.05, 3.63) is 29.8 Å². The van der Waals surface area contributed by atoms with Gasteiger partial charge in [0.15, 0.2) is 5.75 Å². The lowest BCUT2D eigenvalue weighted by molar-refractivity contribution is 0.139. The van der Waals surface area contributed by atoms with Crippen LogP contribution in [0.2, 0.25) is 0 Å². The molecule has 4 heterocycles. The van der Waals surface area contributed by atoms with Crippen LogP contribution in [0.15, 0.2) is 18.5 Å². The molecule has 2 aliphatic rings. The Kier molecular flexibility index (Phi) is 4.05. The molecule has 23 heavy (non-hydrogen) atoms. The van der Waals surface area contributed by atoms with E-state index in [4.69, 9.17) is 9.47 Å². The van der Waals surface area contributed by atoms with Crippen molar-refractivity contribution in [1.82, 2.24) is 24.9 Å². The largest absolute Gasteiger partial charge is 0.483 e. The van der Waals surface area contributed by atoms with Gasteiger partial charge in [0.2, 0.25) is 0 Å². The summed E-state index contributed by atoms with van der Waals surface area (Å²) in [4.78, 5) is 0. The molecule has 2 aliphatic heterocycles. The van der Waals surface area contributed by atoms with E-state index in [2.05, 4.69) is 26.3 Å². The lowest BCUT2D eigenvalue weighted by atomic mass is 10.1. The number of nitrogens with zero attached hydrogens (tertiary/aromatic N) is 4. The molecule has 1 fully saturated rings. The third-order valence-corrected chi connectivity index (χ3v) is 4.51. The first-order valence-electron chi connectivity index (χ1n) is 8.30. The van der Waals surface area contributed by atoms with Gasteiger partial charge in [-0.3, -0.25) is 9.36 Å². The molecule has 0 aliphatic carbocycles. The van der Waals surface area contributed by atoms with Crippen molar-refractivity contribution < 1.29 is 9.47 Å². The summed E-state index contributed by atoms with van der Waals surface area (Å²) < 4.78 is 15.4. The van der Waals surface area contributed by atoms with Crippen LogP contribution in [0.5, 0.6) is 5.75 Å². The van der Waals surface area contributed by atoms with Gasteiger partial charge in [-0.05, 0) is 25.3 Å². The molecule has 0 aromatic carbocycles. The molecule has 2 aromatic heterocycles.